The summed E-state index contributed by atoms with van der Waals surface area (Å²) in [6, 6.07) is 0. The van der Waals surface area contributed by atoms with Gasteiger partial charge in [0.1, 0.15) is 0 Å². The summed E-state index contributed by atoms with van der Waals surface area (Å²) in [6.45, 7) is 3.89. The van der Waals surface area contributed by atoms with Crippen molar-refractivity contribution in [3.8, 4) is 0 Å². The van der Waals surface area contributed by atoms with E-state index in [0.29, 0.717) is 6.10 Å². The van der Waals surface area contributed by atoms with Gasteiger partial charge in [-0.1, -0.05) is 0 Å². The molecule has 3 nitrogen and oxygen atoms in total. The third-order valence-electron chi connectivity index (χ3n) is 2.43. The quantitative estimate of drug-likeness (QED) is 0.693. The Morgan fingerprint density at radius 3 is 3.15 bits per heavy atom. The second-order valence-corrected chi connectivity index (χ2v) is 3.73. The highest BCUT2D eigenvalue weighted by Gasteiger charge is 2.14. The highest BCUT2D eigenvalue weighted by atomic mass is 16.5. The minimum absolute atomic E-state index is 0.382. The topological polar surface area (TPSA) is 27.1 Å². The molecule has 1 saturated heterocycles. The van der Waals surface area contributed by atoms with Crippen LogP contribution in [0.4, 0.5) is 0 Å². The molecule has 1 aliphatic heterocycles. The number of hydrogen-bond donors (Lipinski definition) is 0. The molecule has 1 aliphatic rings. The molecular weight excluding hydrogens is 164 g/mol. The maximum absolute atomic E-state index is 5.63. The number of hydrogen-bond acceptors (Lipinski definition) is 2. The summed E-state index contributed by atoms with van der Waals surface area (Å²) >= 11 is 0. The van der Waals surface area contributed by atoms with Gasteiger partial charge in [-0.3, -0.25) is 4.68 Å². The van der Waals surface area contributed by atoms with Gasteiger partial charge in [0.25, 0.3) is 0 Å². The largest absolute Gasteiger partial charge is 0.376 e. The van der Waals surface area contributed by atoms with E-state index in [1.165, 1.54) is 24.8 Å². The molecule has 1 fully saturated rings. The number of aromatic nitrogens is 2. The molecule has 0 spiro atoms. The lowest BCUT2D eigenvalue weighted by molar-refractivity contribution is 0.00399. The zero-order chi connectivity index (χ0) is 9.10. The first-order valence-corrected chi connectivity index (χ1v) is 4.95. The van der Waals surface area contributed by atoms with Crippen molar-refractivity contribution in [3.63, 3.8) is 0 Å². The van der Waals surface area contributed by atoms with Crippen LogP contribution < -0.4 is 0 Å². The highest BCUT2D eigenvalue weighted by Crippen LogP contribution is 2.14. The van der Waals surface area contributed by atoms with E-state index in [0.717, 1.165) is 13.2 Å². The molecule has 72 valence electrons. The van der Waals surface area contributed by atoms with Crippen LogP contribution in [0.25, 0.3) is 0 Å². The normalized spacial score (nSPS) is 23.3. The minimum atomic E-state index is 0.382. The smallest absolute Gasteiger partial charge is 0.0770 e. The predicted octanol–water partition coefficient (Wildman–Crippen LogP) is 1.76. The second kappa shape index (κ2) is 3.92. The number of rotatable bonds is 2. The van der Waals surface area contributed by atoms with Crippen LogP contribution in [-0.2, 0) is 11.3 Å². The summed E-state index contributed by atoms with van der Waals surface area (Å²) in [5.74, 6) is 0. The highest BCUT2D eigenvalue weighted by molar-refractivity contribution is 4.99. The van der Waals surface area contributed by atoms with Gasteiger partial charge in [0, 0.05) is 12.8 Å². The van der Waals surface area contributed by atoms with E-state index < -0.39 is 0 Å². The third kappa shape index (κ3) is 2.31. The fourth-order valence-electron chi connectivity index (χ4n) is 1.73. The lowest BCUT2D eigenvalue weighted by Gasteiger charge is -2.22. The minimum Gasteiger partial charge on any atom is -0.376 e. The van der Waals surface area contributed by atoms with Crippen molar-refractivity contribution in [1.29, 1.82) is 0 Å². The van der Waals surface area contributed by atoms with Crippen LogP contribution in [0.2, 0.25) is 0 Å². The molecule has 1 atom stereocenters. The molecule has 0 amide bonds. The van der Waals surface area contributed by atoms with Crippen molar-refractivity contribution in [2.45, 2.75) is 38.8 Å². The van der Waals surface area contributed by atoms with Gasteiger partial charge < -0.3 is 4.74 Å². The van der Waals surface area contributed by atoms with Crippen LogP contribution in [0.15, 0.2) is 12.4 Å². The standard InChI is InChI=1S/C10H16N2O/c1-9-6-11-12(7-9)8-10-4-2-3-5-13-10/h6-7,10H,2-5,8H2,1H3/t10-/m1/s1. The monoisotopic (exact) mass is 180 g/mol. The van der Waals surface area contributed by atoms with Gasteiger partial charge in [0.15, 0.2) is 0 Å². The Morgan fingerprint density at radius 2 is 2.54 bits per heavy atom. The summed E-state index contributed by atoms with van der Waals surface area (Å²) < 4.78 is 7.61. The first kappa shape index (κ1) is 8.75. The molecule has 0 saturated carbocycles. The Hall–Kier alpha value is -0.830. The maximum atomic E-state index is 5.63. The van der Waals surface area contributed by atoms with E-state index in [9.17, 15) is 0 Å². The van der Waals surface area contributed by atoms with Crippen LogP contribution in [0.5, 0.6) is 0 Å². The first-order chi connectivity index (χ1) is 6.34. The molecule has 0 aromatic carbocycles. The zero-order valence-electron chi connectivity index (χ0n) is 8.07. The van der Waals surface area contributed by atoms with Crippen molar-refractivity contribution >= 4 is 0 Å². The van der Waals surface area contributed by atoms with Crippen molar-refractivity contribution < 1.29 is 4.74 Å². The molecule has 13 heavy (non-hydrogen) atoms. The van der Waals surface area contributed by atoms with E-state index in [4.69, 9.17) is 4.74 Å². The van der Waals surface area contributed by atoms with E-state index in [-0.39, 0.29) is 0 Å². The Bertz CT molecular complexity index is 264. The number of aryl methyl sites for hydroxylation is 1. The summed E-state index contributed by atoms with van der Waals surface area (Å²) in [5, 5.41) is 4.25. The van der Waals surface area contributed by atoms with Gasteiger partial charge >= 0.3 is 0 Å². The molecule has 0 bridgehead atoms. The Morgan fingerprint density at radius 1 is 1.62 bits per heavy atom. The van der Waals surface area contributed by atoms with E-state index >= 15 is 0 Å². The molecule has 1 aromatic heterocycles. The molecule has 0 radical (unpaired) electrons. The van der Waals surface area contributed by atoms with E-state index in [1.807, 2.05) is 10.9 Å². The summed E-state index contributed by atoms with van der Waals surface area (Å²) in [7, 11) is 0. The second-order valence-electron chi connectivity index (χ2n) is 3.73. The summed E-state index contributed by atoms with van der Waals surface area (Å²) in [4.78, 5) is 0. The first-order valence-electron chi connectivity index (χ1n) is 4.95. The third-order valence-corrected chi connectivity index (χ3v) is 2.43. The van der Waals surface area contributed by atoms with Crippen molar-refractivity contribution in [2.75, 3.05) is 6.61 Å². The molecular formula is C10H16N2O. The average Bonchev–Trinajstić information content (AvgIpc) is 2.53. The van der Waals surface area contributed by atoms with E-state index in [2.05, 4.69) is 18.2 Å². The Balaban J connectivity index is 1.89. The predicted molar refractivity (Wildman–Crippen MR) is 50.6 cm³/mol. The number of ether oxygens (including phenoxy) is 1. The van der Waals surface area contributed by atoms with Crippen LogP contribution in [0.3, 0.4) is 0 Å². The Kier molecular flexibility index (Phi) is 2.64. The summed E-state index contributed by atoms with van der Waals surface area (Å²) in [5.41, 5.74) is 1.22. The van der Waals surface area contributed by atoms with Crippen molar-refractivity contribution in [3.05, 3.63) is 18.0 Å². The fourth-order valence-corrected chi connectivity index (χ4v) is 1.73. The molecule has 0 unspecified atom stereocenters. The lowest BCUT2D eigenvalue weighted by Crippen LogP contribution is -2.24. The van der Waals surface area contributed by atoms with Crippen molar-refractivity contribution in [2.24, 2.45) is 0 Å². The molecule has 1 aromatic rings. The van der Waals surface area contributed by atoms with Crippen LogP contribution in [0, 0.1) is 6.92 Å². The molecule has 0 N–H and O–H groups in total. The van der Waals surface area contributed by atoms with E-state index in [1.54, 1.807) is 0 Å². The molecule has 2 heterocycles. The van der Waals surface area contributed by atoms with Gasteiger partial charge in [-0.25, -0.2) is 0 Å². The molecule has 3 heteroatoms. The van der Waals surface area contributed by atoms with Gasteiger partial charge in [0.05, 0.1) is 18.8 Å². The number of nitrogens with zero attached hydrogens (tertiary/aromatic N) is 2. The SMILES string of the molecule is Cc1cnn(C[C@H]2CCCCO2)c1. The fraction of sp³-hybridized carbons (Fsp3) is 0.700. The molecule has 0 aliphatic carbocycles. The van der Waals surface area contributed by atoms with Crippen LogP contribution >= 0.6 is 0 Å². The summed E-state index contributed by atoms with van der Waals surface area (Å²) in [6.07, 6.45) is 8.03. The maximum Gasteiger partial charge on any atom is 0.0770 e. The van der Waals surface area contributed by atoms with Gasteiger partial charge in [-0.15, -0.1) is 0 Å². The Labute approximate surface area is 78.7 Å². The van der Waals surface area contributed by atoms with Gasteiger partial charge in [-0.2, -0.15) is 5.10 Å². The van der Waals surface area contributed by atoms with Gasteiger partial charge in [0.2, 0.25) is 0 Å². The lowest BCUT2D eigenvalue weighted by atomic mass is 10.1. The zero-order valence-corrected chi connectivity index (χ0v) is 8.07. The van der Waals surface area contributed by atoms with Crippen molar-refractivity contribution in [1.82, 2.24) is 9.78 Å². The van der Waals surface area contributed by atoms with Crippen LogP contribution in [-0.4, -0.2) is 22.5 Å². The van der Waals surface area contributed by atoms with Crippen LogP contribution in [0.1, 0.15) is 24.8 Å². The van der Waals surface area contributed by atoms with Gasteiger partial charge in [-0.05, 0) is 31.7 Å². The molecule has 2 rings (SSSR count). The average molecular weight is 180 g/mol.